The zero-order valence-electron chi connectivity index (χ0n) is 7.54. The number of rotatable bonds is 1. The second kappa shape index (κ2) is 4.05. The Morgan fingerprint density at radius 1 is 1.12 bits per heavy atom. The highest BCUT2D eigenvalue weighted by atomic mass is 35.5. The number of halogens is 3. The molecule has 0 atom stereocenters. The quantitative estimate of drug-likeness (QED) is 0.869. The zero-order valence-corrected chi connectivity index (χ0v) is 9.81. The first kappa shape index (κ1) is 11.4. The number of hydrogen-bond donors (Lipinski definition) is 1. The number of fused-ring (bicyclic) bond motifs is 1. The lowest BCUT2D eigenvalue weighted by Gasteiger charge is -2.04. The molecule has 82 valence electrons. The Bertz CT molecular complexity index is 601. The highest BCUT2D eigenvalue weighted by Crippen LogP contribution is 2.28. The molecule has 16 heavy (non-hydrogen) atoms. The Balaban J connectivity index is 2.84. The van der Waals surface area contributed by atoms with Crippen molar-refractivity contribution >= 4 is 51.8 Å². The number of aromatic carboxylic acids is 1. The molecule has 0 aliphatic heterocycles. The van der Waals surface area contributed by atoms with Gasteiger partial charge in [-0.15, -0.1) is 0 Å². The third kappa shape index (κ3) is 1.80. The summed E-state index contributed by atoms with van der Waals surface area (Å²) in [6.07, 6.45) is 0. The van der Waals surface area contributed by atoms with E-state index >= 15 is 0 Å². The maximum absolute atomic E-state index is 10.8. The van der Waals surface area contributed by atoms with Crippen molar-refractivity contribution in [2.75, 3.05) is 0 Å². The summed E-state index contributed by atoms with van der Waals surface area (Å²) in [5.74, 6) is -1.14. The van der Waals surface area contributed by atoms with Gasteiger partial charge < -0.3 is 5.11 Å². The molecule has 0 aliphatic carbocycles. The summed E-state index contributed by atoms with van der Waals surface area (Å²) in [4.78, 5) is 18.6. The van der Waals surface area contributed by atoms with Gasteiger partial charge in [0, 0.05) is 0 Å². The molecule has 1 N–H and O–H groups in total. The first-order valence-electron chi connectivity index (χ1n) is 4.05. The lowest BCUT2D eigenvalue weighted by Crippen LogP contribution is -1.99. The van der Waals surface area contributed by atoms with Gasteiger partial charge in [0.05, 0.1) is 16.1 Å². The van der Waals surface area contributed by atoms with E-state index in [0.717, 1.165) is 0 Å². The van der Waals surface area contributed by atoms with Crippen molar-refractivity contribution in [3.8, 4) is 0 Å². The Labute approximate surface area is 105 Å². The van der Waals surface area contributed by atoms with Crippen LogP contribution in [-0.4, -0.2) is 21.0 Å². The predicted molar refractivity (Wildman–Crippen MR) is 61.5 cm³/mol. The van der Waals surface area contributed by atoms with E-state index in [4.69, 9.17) is 39.9 Å². The van der Waals surface area contributed by atoms with E-state index in [-0.39, 0.29) is 26.4 Å². The first-order chi connectivity index (χ1) is 7.50. The number of aromatic nitrogens is 2. The Morgan fingerprint density at radius 2 is 1.75 bits per heavy atom. The SMILES string of the molecule is O=C(O)c1ccc2nc(Cl)c(Cl)nc2c1Cl. The minimum Gasteiger partial charge on any atom is -0.478 e. The van der Waals surface area contributed by atoms with Crippen molar-refractivity contribution in [2.24, 2.45) is 0 Å². The van der Waals surface area contributed by atoms with Crippen LogP contribution in [0.2, 0.25) is 15.3 Å². The summed E-state index contributed by atoms with van der Waals surface area (Å²) in [6.45, 7) is 0. The first-order valence-corrected chi connectivity index (χ1v) is 5.18. The molecule has 1 aromatic carbocycles. The number of nitrogens with zero attached hydrogens (tertiary/aromatic N) is 2. The number of carbonyl (C=O) groups is 1. The molecule has 0 saturated carbocycles. The Hall–Kier alpha value is -1.10. The van der Waals surface area contributed by atoms with Crippen LogP contribution < -0.4 is 0 Å². The lowest BCUT2D eigenvalue weighted by molar-refractivity contribution is 0.0697. The van der Waals surface area contributed by atoms with Crippen LogP contribution in [0.1, 0.15) is 10.4 Å². The fourth-order valence-corrected chi connectivity index (χ4v) is 1.76. The van der Waals surface area contributed by atoms with Crippen LogP contribution in [0.4, 0.5) is 0 Å². The topological polar surface area (TPSA) is 63.1 Å². The third-order valence-corrected chi connectivity index (χ3v) is 2.93. The average Bonchev–Trinajstić information content (AvgIpc) is 2.21. The van der Waals surface area contributed by atoms with Crippen LogP contribution >= 0.6 is 34.8 Å². The second-order valence-electron chi connectivity index (χ2n) is 2.91. The van der Waals surface area contributed by atoms with Gasteiger partial charge in [0.2, 0.25) is 0 Å². The Kier molecular flexibility index (Phi) is 2.88. The maximum Gasteiger partial charge on any atom is 0.337 e. The van der Waals surface area contributed by atoms with E-state index in [0.29, 0.717) is 5.52 Å². The van der Waals surface area contributed by atoms with Gasteiger partial charge in [0.15, 0.2) is 10.3 Å². The van der Waals surface area contributed by atoms with Crippen molar-refractivity contribution in [3.63, 3.8) is 0 Å². The van der Waals surface area contributed by atoms with Crippen molar-refractivity contribution < 1.29 is 9.90 Å². The van der Waals surface area contributed by atoms with E-state index in [2.05, 4.69) is 9.97 Å². The molecule has 0 spiro atoms. The van der Waals surface area contributed by atoms with Crippen molar-refractivity contribution in [3.05, 3.63) is 33.0 Å². The molecule has 0 aliphatic rings. The molecule has 0 saturated heterocycles. The molecule has 2 rings (SSSR count). The number of hydrogen-bond acceptors (Lipinski definition) is 3. The van der Waals surface area contributed by atoms with E-state index in [1.807, 2.05) is 0 Å². The maximum atomic E-state index is 10.8. The van der Waals surface area contributed by atoms with Crippen LogP contribution in [-0.2, 0) is 0 Å². The van der Waals surface area contributed by atoms with E-state index in [1.54, 1.807) is 0 Å². The fraction of sp³-hybridized carbons (Fsp3) is 0. The molecule has 0 fully saturated rings. The number of carboxylic acid groups (broad SMARTS) is 1. The van der Waals surface area contributed by atoms with E-state index < -0.39 is 5.97 Å². The van der Waals surface area contributed by atoms with Gasteiger partial charge in [0.25, 0.3) is 0 Å². The summed E-state index contributed by atoms with van der Waals surface area (Å²) in [7, 11) is 0. The molecule has 1 heterocycles. The number of carboxylic acids is 1. The normalized spacial score (nSPS) is 10.7. The highest BCUT2D eigenvalue weighted by molar-refractivity contribution is 6.41. The largest absolute Gasteiger partial charge is 0.478 e. The molecular weight excluding hydrogens is 274 g/mol. The minimum absolute atomic E-state index is 0.00364. The summed E-state index contributed by atoms with van der Waals surface area (Å²) < 4.78 is 0. The summed E-state index contributed by atoms with van der Waals surface area (Å²) >= 11 is 17.2. The Morgan fingerprint density at radius 3 is 2.38 bits per heavy atom. The highest BCUT2D eigenvalue weighted by Gasteiger charge is 2.15. The van der Waals surface area contributed by atoms with Crippen LogP contribution in [0.3, 0.4) is 0 Å². The van der Waals surface area contributed by atoms with Gasteiger partial charge in [-0.05, 0) is 12.1 Å². The molecule has 0 amide bonds. The molecule has 7 heteroatoms. The predicted octanol–water partition coefficient (Wildman–Crippen LogP) is 3.29. The smallest absolute Gasteiger partial charge is 0.337 e. The van der Waals surface area contributed by atoms with Crippen LogP contribution in [0.15, 0.2) is 12.1 Å². The summed E-state index contributed by atoms with van der Waals surface area (Å²) in [5.41, 5.74) is 0.558. The second-order valence-corrected chi connectivity index (χ2v) is 4.00. The van der Waals surface area contributed by atoms with Gasteiger partial charge in [-0.2, -0.15) is 0 Å². The minimum atomic E-state index is -1.14. The molecule has 2 aromatic rings. The van der Waals surface area contributed by atoms with Crippen LogP contribution in [0, 0.1) is 0 Å². The molecule has 0 bridgehead atoms. The summed E-state index contributed by atoms with van der Waals surface area (Å²) in [5, 5.41) is 8.89. The average molecular weight is 277 g/mol. The van der Waals surface area contributed by atoms with Crippen molar-refractivity contribution in [2.45, 2.75) is 0 Å². The standard InChI is InChI=1S/C9H3Cl3N2O2/c10-5-3(9(15)16)1-2-4-6(5)14-8(12)7(11)13-4/h1-2H,(H,15,16). The molecule has 0 unspecified atom stereocenters. The van der Waals surface area contributed by atoms with E-state index in [9.17, 15) is 4.79 Å². The fourth-order valence-electron chi connectivity index (χ4n) is 1.21. The van der Waals surface area contributed by atoms with Crippen LogP contribution in [0.25, 0.3) is 11.0 Å². The molecule has 4 nitrogen and oxygen atoms in total. The molecular formula is C9H3Cl3N2O2. The summed E-state index contributed by atoms with van der Waals surface area (Å²) in [6, 6.07) is 2.81. The van der Waals surface area contributed by atoms with Gasteiger partial charge in [-0.3, -0.25) is 0 Å². The monoisotopic (exact) mass is 276 g/mol. The van der Waals surface area contributed by atoms with E-state index in [1.165, 1.54) is 12.1 Å². The van der Waals surface area contributed by atoms with Crippen molar-refractivity contribution in [1.82, 2.24) is 9.97 Å². The van der Waals surface area contributed by atoms with Gasteiger partial charge in [0.1, 0.15) is 5.52 Å². The van der Waals surface area contributed by atoms with Gasteiger partial charge in [-0.25, -0.2) is 14.8 Å². The van der Waals surface area contributed by atoms with Crippen molar-refractivity contribution in [1.29, 1.82) is 0 Å². The van der Waals surface area contributed by atoms with Crippen LogP contribution in [0.5, 0.6) is 0 Å². The van der Waals surface area contributed by atoms with Gasteiger partial charge in [-0.1, -0.05) is 34.8 Å². The zero-order chi connectivity index (χ0) is 11.9. The lowest BCUT2D eigenvalue weighted by atomic mass is 10.2. The van der Waals surface area contributed by atoms with Gasteiger partial charge >= 0.3 is 5.97 Å². The molecule has 0 radical (unpaired) electrons. The third-order valence-electron chi connectivity index (χ3n) is 1.92. The molecule has 1 aromatic heterocycles. The number of benzene rings is 1.